The van der Waals surface area contributed by atoms with Gasteiger partial charge in [0.15, 0.2) is 0 Å². The molecule has 2 aromatic heterocycles. The number of likely N-dealkylation sites (tertiary alicyclic amines) is 1. The molecule has 2 bridgehead atoms. The predicted octanol–water partition coefficient (Wildman–Crippen LogP) is 3.92. The molecule has 0 spiro atoms. The molecule has 4 nitrogen and oxygen atoms in total. The Bertz CT molecular complexity index is 850. The van der Waals surface area contributed by atoms with Gasteiger partial charge in [0.1, 0.15) is 5.65 Å². The molecule has 25 heavy (non-hydrogen) atoms. The second-order valence-corrected chi connectivity index (χ2v) is 9.44. The van der Waals surface area contributed by atoms with Crippen LogP contribution >= 0.6 is 0 Å². The van der Waals surface area contributed by atoms with E-state index in [0.717, 1.165) is 42.0 Å². The number of imidazole rings is 1. The number of aryl methyl sites for hydroxylation is 2. The van der Waals surface area contributed by atoms with E-state index < -0.39 is 0 Å². The largest absolute Gasteiger partial charge is 0.339 e. The van der Waals surface area contributed by atoms with E-state index in [1.165, 1.54) is 6.42 Å². The Kier molecular flexibility index (Phi) is 3.54. The maximum Gasteiger partial charge on any atom is 0.228 e. The third kappa shape index (κ3) is 2.76. The van der Waals surface area contributed by atoms with Crippen LogP contribution in [0.15, 0.2) is 18.3 Å². The van der Waals surface area contributed by atoms with Crippen molar-refractivity contribution < 1.29 is 4.79 Å². The first-order chi connectivity index (χ1) is 11.7. The topological polar surface area (TPSA) is 37.6 Å². The fourth-order valence-corrected chi connectivity index (χ4v) is 5.58. The van der Waals surface area contributed by atoms with Gasteiger partial charge in [0, 0.05) is 18.8 Å². The lowest BCUT2D eigenvalue weighted by molar-refractivity contribution is -0.131. The summed E-state index contributed by atoms with van der Waals surface area (Å²) in [5, 5.41) is 0. The number of carbonyl (C=O) groups is 1. The average molecular weight is 339 g/mol. The number of amides is 1. The van der Waals surface area contributed by atoms with Crippen LogP contribution in [0.4, 0.5) is 0 Å². The summed E-state index contributed by atoms with van der Waals surface area (Å²) in [4.78, 5) is 20.0. The molecule has 2 atom stereocenters. The first-order valence-corrected chi connectivity index (χ1v) is 9.40. The van der Waals surface area contributed by atoms with Gasteiger partial charge < -0.3 is 9.30 Å². The Morgan fingerprint density at radius 1 is 1.28 bits per heavy atom. The zero-order chi connectivity index (χ0) is 18.0. The fraction of sp³-hybridized carbons (Fsp3) is 0.619. The molecule has 1 saturated heterocycles. The van der Waals surface area contributed by atoms with E-state index in [1.54, 1.807) is 0 Å². The van der Waals surface area contributed by atoms with E-state index in [0.29, 0.717) is 17.9 Å². The van der Waals surface area contributed by atoms with Crippen LogP contribution < -0.4 is 0 Å². The van der Waals surface area contributed by atoms with Crippen LogP contribution in [0.2, 0.25) is 0 Å². The predicted molar refractivity (Wildman–Crippen MR) is 99.6 cm³/mol. The van der Waals surface area contributed by atoms with Gasteiger partial charge in [-0.15, -0.1) is 0 Å². The summed E-state index contributed by atoms with van der Waals surface area (Å²) in [6, 6.07) is 4.51. The highest BCUT2D eigenvalue weighted by Crippen LogP contribution is 2.52. The van der Waals surface area contributed by atoms with Crippen molar-refractivity contribution in [3.8, 4) is 0 Å². The number of hydrogen-bond acceptors (Lipinski definition) is 2. The average Bonchev–Trinajstić information content (AvgIpc) is 2.94. The Hall–Kier alpha value is -1.84. The first kappa shape index (κ1) is 16.6. The number of hydrogen-bond donors (Lipinski definition) is 0. The van der Waals surface area contributed by atoms with Crippen molar-refractivity contribution in [3.63, 3.8) is 0 Å². The number of pyridine rings is 1. The van der Waals surface area contributed by atoms with Gasteiger partial charge in [-0.2, -0.15) is 0 Å². The van der Waals surface area contributed by atoms with Crippen LogP contribution in [-0.4, -0.2) is 32.8 Å². The summed E-state index contributed by atoms with van der Waals surface area (Å²) in [5.41, 5.74) is 4.74. The summed E-state index contributed by atoms with van der Waals surface area (Å²) in [6.07, 6.45) is 5.97. The molecule has 134 valence electrons. The number of nitrogens with zero attached hydrogens (tertiary/aromatic N) is 3. The van der Waals surface area contributed by atoms with Crippen molar-refractivity contribution in [3.05, 3.63) is 35.3 Å². The van der Waals surface area contributed by atoms with Crippen molar-refractivity contribution >= 4 is 11.6 Å². The van der Waals surface area contributed by atoms with E-state index in [2.05, 4.69) is 48.0 Å². The SMILES string of the molecule is Cc1nc2c(C)cccn2c1CC(=O)N1CC2(C)CC1CC(C)(C)C2. The normalized spacial score (nSPS) is 27.9. The highest BCUT2D eigenvalue weighted by molar-refractivity contribution is 5.80. The molecular formula is C21H29N3O. The van der Waals surface area contributed by atoms with Crippen molar-refractivity contribution in [2.75, 3.05) is 6.54 Å². The Balaban J connectivity index is 1.62. The molecule has 1 aliphatic carbocycles. The van der Waals surface area contributed by atoms with Crippen molar-refractivity contribution in [2.24, 2.45) is 10.8 Å². The summed E-state index contributed by atoms with van der Waals surface area (Å²) in [6.45, 7) is 12.1. The second-order valence-electron chi connectivity index (χ2n) is 9.44. The molecule has 2 fully saturated rings. The van der Waals surface area contributed by atoms with Gasteiger partial charge in [-0.3, -0.25) is 4.79 Å². The Labute approximate surface area is 150 Å². The summed E-state index contributed by atoms with van der Waals surface area (Å²) < 4.78 is 2.09. The van der Waals surface area contributed by atoms with Gasteiger partial charge in [-0.05, 0) is 55.6 Å². The Morgan fingerprint density at radius 3 is 2.80 bits per heavy atom. The molecule has 0 N–H and O–H groups in total. The molecule has 3 heterocycles. The van der Waals surface area contributed by atoms with Gasteiger partial charge in [0.05, 0.1) is 17.8 Å². The summed E-state index contributed by atoms with van der Waals surface area (Å²) >= 11 is 0. The van der Waals surface area contributed by atoms with Crippen molar-refractivity contribution in [1.82, 2.24) is 14.3 Å². The van der Waals surface area contributed by atoms with Gasteiger partial charge in [0.25, 0.3) is 0 Å². The van der Waals surface area contributed by atoms with Crippen LogP contribution in [-0.2, 0) is 11.2 Å². The quantitative estimate of drug-likeness (QED) is 0.831. The number of aromatic nitrogens is 2. The molecule has 1 saturated carbocycles. The molecule has 2 unspecified atom stereocenters. The van der Waals surface area contributed by atoms with Gasteiger partial charge in [-0.25, -0.2) is 4.98 Å². The van der Waals surface area contributed by atoms with E-state index >= 15 is 0 Å². The molecule has 2 aliphatic rings. The van der Waals surface area contributed by atoms with Gasteiger partial charge in [-0.1, -0.05) is 26.8 Å². The standard InChI is InChI=1S/C21H29N3O/c1-14-7-6-8-23-17(15(2)22-19(14)23)9-18(25)24-13-21(5)11-16(24)10-20(3,4)12-21/h6-8,16H,9-13H2,1-5H3. The first-order valence-electron chi connectivity index (χ1n) is 9.40. The van der Waals surface area contributed by atoms with E-state index in [1.807, 2.05) is 19.2 Å². The molecule has 0 radical (unpaired) electrons. The number of rotatable bonds is 2. The molecule has 1 aliphatic heterocycles. The van der Waals surface area contributed by atoms with Crippen LogP contribution in [0.25, 0.3) is 5.65 Å². The molecule has 4 rings (SSSR count). The second kappa shape index (κ2) is 5.33. The maximum absolute atomic E-state index is 13.2. The number of carbonyl (C=O) groups excluding carboxylic acids is 1. The minimum atomic E-state index is 0.262. The van der Waals surface area contributed by atoms with Crippen molar-refractivity contribution in [2.45, 2.75) is 66.3 Å². The third-order valence-corrected chi connectivity index (χ3v) is 6.20. The van der Waals surface area contributed by atoms with E-state index in [-0.39, 0.29) is 11.3 Å². The highest BCUT2D eigenvalue weighted by atomic mass is 16.2. The van der Waals surface area contributed by atoms with Gasteiger partial charge in [0.2, 0.25) is 5.91 Å². The van der Waals surface area contributed by atoms with E-state index in [4.69, 9.17) is 0 Å². The highest BCUT2D eigenvalue weighted by Gasteiger charge is 2.50. The molecular weight excluding hydrogens is 310 g/mol. The van der Waals surface area contributed by atoms with Crippen LogP contribution in [0, 0.1) is 24.7 Å². The molecule has 4 heteroatoms. The maximum atomic E-state index is 13.2. The van der Waals surface area contributed by atoms with Crippen LogP contribution in [0.3, 0.4) is 0 Å². The third-order valence-electron chi connectivity index (χ3n) is 6.20. The van der Waals surface area contributed by atoms with Crippen LogP contribution in [0.5, 0.6) is 0 Å². The van der Waals surface area contributed by atoms with Crippen molar-refractivity contribution in [1.29, 1.82) is 0 Å². The summed E-state index contributed by atoms with van der Waals surface area (Å²) in [7, 11) is 0. The lowest BCUT2D eigenvalue weighted by Crippen LogP contribution is -2.38. The number of fused-ring (bicyclic) bond motifs is 3. The molecule has 2 aromatic rings. The zero-order valence-electron chi connectivity index (χ0n) is 16.1. The fourth-order valence-electron chi connectivity index (χ4n) is 5.58. The lowest BCUT2D eigenvalue weighted by atomic mass is 9.65. The van der Waals surface area contributed by atoms with Gasteiger partial charge >= 0.3 is 0 Å². The lowest BCUT2D eigenvalue weighted by Gasteiger charge is -2.39. The minimum Gasteiger partial charge on any atom is -0.339 e. The smallest absolute Gasteiger partial charge is 0.228 e. The molecule has 0 aromatic carbocycles. The Morgan fingerprint density at radius 2 is 2.04 bits per heavy atom. The minimum absolute atomic E-state index is 0.262. The summed E-state index contributed by atoms with van der Waals surface area (Å²) in [5.74, 6) is 0.262. The monoisotopic (exact) mass is 339 g/mol. The van der Waals surface area contributed by atoms with Crippen LogP contribution in [0.1, 0.15) is 57.0 Å². The zero-order valence-corrected chi connectivity index (χ0v) is 16.1. The van der Waals surface area contributed by atoms with E-state index in [9.17, 15) is 4.79 Å². The molecule has 1 amide bonds.